The lowest BCUT2D eigenvalue weighted by Gasteiger charge is -2.26. The summed E-state index contributed by atoms with van der Waals surface area (Å²) in [6.07, 6.45) is 3.98. The van der Waals surface area contributed by atoms with Crippen molar-refractivity contribution in [2.75, 3.05) is 19.6 Å². The number of rotatable bonds is 7. The molecule has 1 fully saturated rings. The fourth-order valence-electron chi connectivity index (χ4n) is 3.06. The Hall–Kier alpha value is -1.64. The van der Waals surface area contributed by atoms with Crippen LogP contribution in [0.3, 0.4) is 0 Å². The molecule has 1 aliphatic rings. The van der Waals surface area contributed by atoms with Crippen molar-refractivity contribution in [2.24, 2.45) is 0 Å². The molecule has 2 unspecified atom stereocenters. The summed E-state index contributed by atoms with van der Waals surface area (Å²) >= 11 is 4.67. The van der Waals surface area contributed by atoms with E-state index in [1.165, 1.54) is 11.3 Å². The van der Waals surface area contributed by atoms with Gasteiger partial charge in [-0.05, 0) is 73.1 Å². The van der Waals surface area contributed by atoms with Crippen LogP contribution in [-0.4, -0.2) is 42.4 Å². The molecular formula is C18H22BrN3O3S. The summed E-state index contributed by atoms with van der Waals surface area (Å²) in [5.41, 5.74) is 0. The molecule has 6 nitrogen and oxygen atoms in total. The van der Waals surface area contributed by atoms with Crippen molar-refractivity contribution in [3.63, 3.8) is 0 Å². The van der Waals surface area contributed by atoms with Crippen LogP contribution in [0.4, 0.5) is 0 Å². The number of carbonyl (C=O) groups is 2. The minimum atomic E-state index is -0.612. The maximum Gasteiger partial charge on any atom is 0.262 e. The second kappa shape index (κ2) is 8.83. The zero-order chi connectivity index (χ0) is 18.5. The molecule has 1 aliphatic heterocycles. The fourth-order valence-corrected chi connectivity index (χ4v) is 4.35. The first kappa shape index (κ1) is 19.1. The monoisotopic (exact) mass is 439 g/mol. The van der Waals surface area contributed by atoms with Crippen LogP contribution in [0, 0.1) is 0 Å². The third-order valence-electron chi connectivity index (χ3n) is 4.46. The molecule has 2 amide bonds. The van der Waals surface area contributed by atoms with Crippen LogP contribution >= 0.6 is 27.3 Å². The summed E-state index contributed by atoms with van der Waals surface area (Å²) in [5.74, 6) is 0.405. The average molecular weight is 440 g/mol. The van der Waals surface area contributed by atoms with Crippen molar-refractivity contribution < 1.29 is 14.0 Å². The first-order valence-electron chi connectivity index (χ1n) is 8.66. The van der Waals surface area contributed by atoms with Gasteiger partial charge in [0.05, 0.1) is 21.0 Å². The molecule has 3 rings (SSSR count). The maximum atomic E-state index is 12.4. The highest BCUT2D eigenvalue weighted by Gasteiger charge is 2.27. The minimum absolute atomic E-state index is 0.0209. The standard InChI is InChI=1S/C18H22BrN3O3S/c1-12(21-18(24)15-6-7-16(19)26-15)17(23)20-11-13(14-5-4-10-25-14)22-8-2-3-9-22/h4-7,10,12-13H,2-3,8-9,11H2,1H3,(H,20,23)(H,21,24). The van der Waals surface area contributed by atoms with E-state index in [1.807, 2.05) is 18.2 Å². The van der Waals surface area contributed by atoms with Gasteiger partial charge >= 0.3 is 0 Å². The van der Waals surface area contributed by atoms with Crippen molar-refractivity contribution in [1.29, 1.82) is 0 Å². The zero-order valence-corrected chi connectivity index (χ0v) is 16.9. The van der Waals surface area contributed by atoms with Crippen LogP contribution in [0.25, 0.3) is 0 Å². The normalized spacial score (nSPS) is 17.0. The van der Waals surface area contributed by atoms with Crippen LogP contribution in [0.2, 0.25) is 0 Å². The molecule has 1 saturated heterocycles. The van der Waals surface area contributed by atoms with E-state index < -0.39 is 6.04 Å². The third-order valence-corrected chi connectivity index (χ3v) is 6.08. The summed E-state index contributed by atoms with van der Waals surface area (Å²) in [5, 5.41) is 5.69. The SMILES string of the molecule is CC(NC(=O)c1ccc(Br)s1)C(=O)NCC(c1ccco1)N1CCCC1. The highest BCUT2D eigenvalue weighted by molar-refractivity contribution is 9.11. The van der Waals surface area contributed by atoms with Gasteiger partial charge in [0.15, 0.2) is 0 Å². The Morgan fingerprint density at radius 3 is 2.69 bits per heavy atom. The summed E-state index contributed by atoms with van der Waals surface area (Å²) in [6.45, 7) is 4.15. The first-order valence-corrected chi connectivity index (χ1v) is 10.3. The number of furan rings is 1. The molecule has 8 heteroatoms. The average Bonchev–Trinajstić information content (AvgIpc) is 3.37. The summed E-state index contributed by atoms with van der Waals surface area (Å²) < 4.78 is 6.44. The Morgan fingerprint density at radius 2 is 2.08 bits per heavy atom. The largest absolute Gasteiger partial charge is 0.468 e. The van der Waals surface area contributed by atoms with Gasteiger partial charge in [-0.15, -0.1) is 11.3 Å². The van der Waals surface area contributed by atoms with Crippen molar-refractivity contribution in [3.8, 4) is 0 Å². The molecule has 0 aliphatic carbocycles. The predicted octanol–water partition coefficient (Wildman–Crippen LogP) is 3.18. The molecule has 3 heterocycles. The maximum absolute atomic E-state index is 12.4. The van der Waals surface area contributed by atoms with E-state index in [0.29, 0.717) is 11.4 Å². The van der Waals surface area contributed by atoms with Gasteiger partial charge in [0.1, 0.15) is 11.8 Å². The van der Waals surface area contributed by atoms with Gasteiger partial charge in [-0.2, -0.15) is 0 Å². The Morgan fingerprint density at radius 1 is 1.31 bits per heavy atom. The molecule has 2 atom stereocenters. The van der Waals surface area contributed by atoms with Crippen molar-refractivity contribution >= 4 is 39.1 Å². The van der Waals surface area contributed by atoms with Crippen LogP contribution in [0.15, 0.2) is 38.7 Å². The molecule has 0 bridgehead atoms. The smallest absolute Gasteiger partial charge is 0.262 e. The van der Waals surface area contributed by atoms with Gasteiger partial charge in [-0.3, -0.25) is 14.5 Å². The molecule has 0 aromatic carbocycles. The van der Waals surface area contributed by atoms with E-state index in [1.54, 1.807) is 19.3 Å². The fraction of sp³-hybridized carbons (Fsp3) is 0.444. The van der Waals surface area contributed by atoms with Gasteiger partial charge in [0, 0.05) is 6.54 Å². The van der Waals surface area contributed by atoms with Gasteiger partial charge in [0.2, 0.25) is 5.91 Å². The first-order chi connectivity index (χ1) is 12.5. The molecule has 140 valence electrons. The van der Waals surface area contributed by atoms with E-state index in [9.17, 15) is 9.59 Å². The molecule has 2 aromatic rings. The van der Waals surface area contributed by atoms with Crippen LogP contribution in [0.5, 0.6) is 0 Å². The van der Waals surface area contributed by atoms with E-state index in [2.05, 4.69) is 31.5 Å². The van der Waals surface area contributed by atoms with Crippen molar-refractivity contribution in [1.82, 2.24) is 15.5 Å². The Labute approximate surface area is 165 Å². The highest BCUT2D eigenvalue weighted by atomic mass is 79.9. The zero-order valence-electron chi connectivity index (χ0n) is 14.5. The van der Waals surface area contributed by atoms with Crippen LogP contribution in [0.1, 0.15) is 41.2 Å². The predicted molar refractivity (Wildman–Crippen MR) is 104 cm³/mol. The van der Waals surface area contributed by atoms with Gasteiger partial charge < -0.3 is 15.1 Å². The number of likely N-dealkylation sites (tertiary alicyclic amines) is 1. The number of hydrogen-bond acceptors (Lipinski definition) is 5. The number of carbonyl (C=O) groups excluding carboxylic acids is 2. The van der Waals surface area contributed by atoms with E-state index >= 15 is 0 Å². The lowest BCUT2D eigenvalue weighted by molar-refractivity contribution is -0.122. The molecular weight excluding hydrogens is 418 g/mol. The summed E-state index contributed by atoms with van der Waals surface area (Å²) in [4.78, 5) is 27.5. The minimum Gasteiger partial charge on any atom is -0.468 e. The lowest BCUT2D eigenvalue weighted by Crippen LogP contribution is -2.47. The van der Waals surface area contributed by atoms with Crippen molar-refractivity contribution in [3.05, 3.63) is 45.0 Å². The lowest BCUT2D eigenvalue weighted by atomic mass is 10.2. The third kappa shape index (κ3) is 4.75. The quantitative estimate of drug-likeness (QED) is 0.694. The topological polar surface area (TPSA) is 74.6 Å². The molecule has 2 N–H and O–H groups in total. The van der Waals surface area contributed by atoms with Gasteiger partial charge in [-0.1, -0.05) is 0 Å². The number of thiophene rings is 1. The summed E-state index contributed by atoms with van der Waals surface area (Å²) in [7, 11) is 0. The molecule has 0 spiro atoms. The highest BCUT2D eigenvalue weighted by Crippen LogP contribution is 2.25. The second-order valence-electron chi connectivity index (χ2n) is 6.32. The number of hydrogen-bond donors (Lipinski definition) is 2. The summed E-state index contributed by atoms with van der Waals surface area (Å²) in [6, 6.07) is 6.76. The number of nitrogens with zero attached hydrogens (tertiary/aromatic N) is 1. The molecule has 26 heavy (non-hydrogen) atoms. The van der Waals surface area contributed by atoms with Gasteiger partial charge in [0.25, 0.3) is 5.91 Å². The van der Waals surface area contributed by atoms with Crippen molar-refractivity contribution in [2.45, 2.75) is 31.8 Å². The van der Waals surface area contributed by atoms with E-state index in [-0.39, 0.29) is 17.9 Å². The van der Waals surface area contributed by atoms with E-state index in [4.69, 9.17) is 4.42 Å². The second-order valence-corrected chi connectivity index (χ2v) is 8.78. The number of halogens is 1. The molecule has 0 saturated carbocycles. The Kier molecular flexibility index (Phi) is 6.50. The molecule has 2 aromatic heterocycles. The number of amides is 2. The van der Waals surface area contributed by atoms with E-state index in [0.717, 1.165) is 35.5 Å². The van der Waals surface area contributed by atoms with Crippen LogP contribution < -0.4 is 10.6 Å². The number of nitrogens with one attached hydrogen (secondary N) is 2. The Bertz CT molecular complexity index is 741. The van der Waals surface area contributed by atoms with Crippen LogP contribution in [-0.2, 0) is 4.79 Å². The Balaban J connectivity index is 1.55. The molecule has 0 radical (unpaired) electrons. The van der Waals surface area contributed by atoms with Gasteiger partial charge in [-0.25, -0.2) is 0 Å².